The van der Waals surface area contributed by atoms with Gasteiger partial charge in [-0.1, -0.05) is 30.3 Å². The fourth-order valence-electron chi connectivity index (χ4n) is 4.39. The van der Waals surface area contributed by atoms with Gasteiger partial charge in [-0.2, -0.15) is 4.98 Å². The minimum Gasteiger partial charge on any atom is -0.370 e. The number of carbonyl (C=O) groups excluding carboxylic acids is 2. The fourth-order valence-corrected chi connectivity index (χ4v) is 4.39. The van der Waals surface area contributed by atoms with E-state index in [1.807, 2.05) is 50.2 Å². The lowest BCUT2D eigenvalue weighted by molar-refractivity contribution is -0.134. The zero-order chi connectivity index (χ0) is 21.1. The van der Waals surface area contributed by atoms with Gasteiger partial charge in [0.2, 0.25) is 5.95 Å². The molecule has 2 saturated heterocycles. The topological polar surface area (TPSA) is 81.7 Å². The number of aromatic nitrogens is 2. The molecule has 0 aliphatic carbocycles. The predicted octanol–water partition coefficient (Wildman–Crippen LogP) is 2.73. The average Bonchev–Trinajstić information content (AvgIpc) is 2.96. The van der Waals surface area contributed by atoms with Crippen LogP contribution in [0.5, 0.6) is 0 Å². The lowest BCUT2D eigenvalue weighted by atomic mass is 9.85. The van der Waals surface area contributed by atoms with Crippen molar-refractivity contribution in [3.05, 3.63) is 48.2 Å². The highest BCUT2D eigenvalue weighted by Crippen LogP contribution is 2.39. The third-order valence-electron chi connectivity index (χ3n) is 6.00. The maximum absolute atomic E-state index is 13.3. The Morgan fingerprint density at radius 2 is 1.80 bits per heavy atom. The normalized spacial score (nSPS) is 18.4. The highest BCUT2D eigenvalue weighted by Gasteiger charge is 2.57. The summed E-state index contributed by atoms with van der Waals surface area (Å²) < 4.78 is 0. The highest BCUT2D eigenvalue weighted by atomic mass is 16.2. The molecule has 8 nitrogen and oxygen atoms in total. The Bertz CT molecular complexity index is 911. The van der Waals surface area contributed by atoms with Crippen LogP contribution in [0.2, 0.25) is 0 Å². The van der Waals surface area contributed by atoms with E-state index in [4.69, 9.17) is 0 Å². The van der Waals surface area contributed by atoms with Crippen molar-refractivity contribution >= 4 is 23.7 Å². The largest absolute Gasteiger partial charge is 0.370 e. The second-order valence-electron chi connectivity index (χ2n) is 7.69. The molecule has 4 rings (SSSR count). The fraction of sp³-hybridized carbons (Fsp3) is 0.455. The van der Waals surface area contributed by atoms with Crippen molar-refractivity contribution in [2.45, 2.75) is 38.8 Å². The molecule has 3 amide bonds. The van der Waals surface area contributed by atoms with Crippen molar-refractivity contribution < 1.29 is 9.59 Å². The van der Waals surface area contributed by atoms with E-state index in [-0.39, 0.29) is 11.9 Å². The summed E-state index contributed by atoms with van der Waals surface area (Å²) in [7, 11) is 0. The van der Waals surface area contributed by atoms with E-state index in [1.165, 1.54) is 4.90 Å². The van der Waals surface area contributed by atoms with Crippen LogP contribution < -0.4 is 10.2 Å². The van der Waals surface area contributed by atoms with Crippen LogP contribution in [0.1, 0.15) is 32.3 Å². The van der Waals surface area contributed by atoms with Gasteiger partial charge in [0.25, 0.3) is 5.91 Å². The van der Waals surface area contributed by atoms with Crippen LogP contribution in [0, 0.1) is 0 Å². The molecule has 1 spiro atoms. The van der Waals surface area contributed by atoms with Gasteiger partial charge in [0, 0.05) is 38.9 Å². The first kappa shape index (κ1) is 20.1. The number of nitrogens with zero attached hydrogens (tertiary/aromatic N) is 5. The van der Waals surface area contributed by atoms with Crippen molar-refractivity contribution in [2.75, 3.05) is 36.4 Å². The average molecular weight is 409 g/mol. The van der Waals surface area contributed by atoms with Gasteiger partial charge < -0.3 is 15.1 Å². The number of imide groups is 1. The molecule has 2 aliphatic heterocycles. The summed E-state index contributed by atoms with van der Waals surface area (Å²) in [5.74, 6) is 1.37. The molecule has 1 aromatic carbocycles. The van der Waals surface area contributed by atoms with Crippen LogP contribution in [0.15, 0.2) is 42.6 Å². The minimum absolute atomic E-state index is 0.0760. The number of nitrogens with one attached hydrogen (secondary N) is 1. The number of amides is 3. The zero-order valence-corrected chi connectivity index (χ0v) is 17.5. The molecular weight excluding hydrogens is 380 g/mol. The van der Waals surface area contributed by atoms with E-state index < -0.39 is 5.54 Å². The number of hydrogen-bond acceptors (Lipinski definition) is 6. The van der Waals surface area contributed by atoms with Crippen molar-refractivity contribution in [1.29, 1.82) is 0 Å². The zero-order valence-electron chi connectivity index (χ0n) is 17.5. The number of carbonyl (C=O) groups is 2. The first-order chi connectivity index (χ1) is 14.6. The maximum Gasteiger partial charge on any atom is 0.327 e. The van der Waals surface area contributed by atoms with Crippen molar-refractivity contribution in [2.24, 2.45) is 0 Å². The quantitative estimate of drug-likeness (QED) is 0.740. The summed E-state index contributed by atoms with van der Waals surface area (Å²) in [5.41, 5.74) is 0.235. The first-order valence-corrected chi connectivity index (χ1v) is 10.6. The Hall–Kier alpha value is -3.16. The van der Waals surface area contributed by atoms with Crippen molar-refractivity contribution in [3.63, 3.8) is 0 Å². The van der Waals surface area contributed by atoms with Gasteiger partial charge in [-0.05, 0) is 38.3 Å². The van der Waals surface area contributed by atoms with E-state index in [2.05, 4.69) is 20.2 Å². The van der Waals surface area contributed by atoms with Crippen molar-refractivity contribution in [3.8, 4) is 0 Å². The van der Waals surface area contributed by atoms with Crippen molar-refractivity contribution in [1.82, 2.24) is 19.8 Å². The molecule has 3 heterocycles. The molecule has 158 valence electrons. The molecule has 0 unspecified atom stereocenters. The molecule has 0 radical (unpaired) electrons. The summed E-state index contributed by atoms with van der Waals surface area (Å²) in [6, 6.07) is 11.5. The van der Waals surface area contributed by atoms with Gasteiger partial charge in [-0.3, -0.25) is 9.69 Å². The summed E-state index contributed by atoms with van der Waals surface area (Å²) in [6.07, 6.45) is 2.88. The second-order valence-corrected chi connectivity index (χ2v) is 7.69. The number of benzene rings is 1. The van der Waals surface area contributed by atoms with E-state index in [1.54, 1.807) is 11.1 Å². The lowest BCUT2D eigenvalue weighted by Crippen LogP contribution is -2.56. The summed E-state index contributed by atoms with van der Waals surface area (Å²) in [5, 5.41) is 3.20. The maximum atomic E-state index is 13.3. The standard InChI is InChI=1S/C22H28N6O2/c1-3-23-18-10-13-24-20(25-18)26-14-11-22(12-15-26)19(29)27(4-2)21(30)28(22)16-17-8-6-5-7-9-17/h5-10,13H,3-4,11-12,14-16H2,1-2H3,(H,23,24,25). The Morgan fingerprint density at radius 3 is 2.47 bits per heavy atom. The highest BCUT2D eigenvalue weighted by molar-refractivity contribution is 6.07. The van der Waals surface area contributed by atoms with E-state index in [0.29, 0.717) is 45.0 Å². The number of piperidine rings is 1. The molecule has 1 N–H and O–H groups in total. The Labute approximate surface area is 176 Å². The van der Waals surface area contributed by atoms with Crippen LogP contribution in [0.25, 0.3) is 0 Å². The molecule has 30 heavy (non-hydrogen) atoms. The molecule has 1 aromatic heterocycles. The molecule has 2 aliphatic rings. The summed E-state index contributed by atoms with van der Waals surface area (Å²) in [4.78, 5) is 40.6. The van der Waals surface area contributed by atoms with Crippen LogP contribution in [-0.4, -0.2) is 63.4 Å². The van der Waals surface area contributed by atoms with Crippen LogP contribution in [0.3, 0.4) is 0 Å². The van der Waals surface area contributed by atoms with Gasteiger partial charge in [-0.15, -0.1) is 0 Å². The first-order valence-electron chi connectivity index (χ1n) is 10.6. The number of likely N-dealkylation sites (N-methyl/N-ethyl adjacent to an activating group) is 1. The predicted molar refractivity (Wildman–Crippen MR) is 115 cm³/mol. The third-order valence-corrected chi connectivity index (χ3v) is 6.00. The number of anilines is 2. The lowest BCUT2D eigenvalue weighted by Gasteiger charge is -2.42. The Balaban J connectivity index is 1.56. The van der Waals surface area contributed by atoms with E-state index in [9.17, 15) is 9.59 Å². The smallest absolute Gasteiger partial charge is 0.327 e. The number of hydrogen-bond donors (Lipinski definition) is 1. The monoisotopic (exact) mass is 408 g/mol. The van der Waals surface area contributed by atoms with Gasteiger partial charge in [0.05, 0.1) is 0 Å². The van der Waals surface area contributed by atoms with Gasteiger partial charge in [0.1, 0.15) is 11.4 Å². The Kier molecular flexibility index (Phi) is 5.57. The van der Waals surface area contributed by atoms with E-state index >= 15 is 0 Å². The molecular formula is C22H28N6O2. The second kappa shape index (κ2) is 8.30. The van der Waals surface area contributed by atoms with Gasteiger partial charge in [-0.25, -0.2) is 9.78 Å². The van der Waals surface area contributed by atoms with Gasteiger partial charge >= 0.3 is 6.03 Å². The summed E-state index contributed by atoms with van der Waals surface area (Å²) >= 11 is 0. The Morgan fingerprint density at radius 1 is 1.07 bits per heavy atom. The molecule has 0 saturated carbocycles. The van der Waals surface area contributed by atoms with Crippen LogP contribution in [-0.2, 0) is 11.3 Å². The van der Waals surface area contributed by atoms with Crippen LogP contribution >= 0.6 is 0 Å². The van der Waals surface area contributed by atoms with E-state index in [0.717, 1.165) is 17.9 Å². The van der Waals surface area contributed by atoms with Crippen LogP contribution in [0.4, 0.5) is 16.6 Å². The van der Waals surface area contributed by atoms with Gasteiger partial charge in [0.15, 0.2) is 0 Å². The summed E-state index contributed by atoms with van der Waals surface area (Å²) in [6.45, 7) is 6.74. The molecule has 8 heteroatoms. The molecule has 2 aromatic rings. The molecule has 0 atom stereocenters. The SMILES string of the molecule is CCNc1ccnc(N2CCC3(CC2)C(=O)N(CC)C(=O)N3Cc2ccccc2)n1. The third kappa shape index (κ3) is 3.46. The number of urea groups is 1. The molecule has 0 bridgehead atoms. The minimum atomic E-state index is -0.793. The number of rotatable bonds is 6. The molecule has 2 fully saturated rings.